The second kappa shape index (κ2) is 6.81. The van der Waals surface area contributed by atoms with Crippen LogP contribution in [0.4, 0.5) is 0 Å². The van der Waals surface area contributed by atoms with E-state index in [-0.39, 0.29) is 0 Å². The molecular formula is C15H13BrCl2O2. The summed E-state index contributed by atoms with van der Waals surface area (Å²) in [5, 5.41) is 11.6. The quantitative estimate of drug-likeness (QED) is 0.810. The highest BCUT2D eigenvalue weighted by molar-refractivity contribution is 9.10. The number of ether oxygens (including phenoxy) is 1. The van der Waals surface area contributed by atoms with Crippen molar-refractivity contribution in [3.05, 3.63) is 62.0 Å². The van der Waals surface area contributed by atoms with Gasteiger partial charge in [0.05, 0.1) is 13.2 Å². The van der Waals surface area contributed by atoms with Gasteiger partial charge in [0.2, 0.25) is 0 Å². The maximum Gasteiger partial charge on any atom is 0.126 e. The van der Waals surface area contributed by atoms with Crippen LogP contribution in [0, 0.1) is 0 Å². The molecule has 1 unspecified atom stereocenters. The number of hydrogen-bond acceptors (Lipinski definition) is 2. The summed E-state index contributed by atoms with van der Waals surface area (Å²) in [6, 6.07) is 10.8. The van der Waals surface area contributed by atoms with Gasteiger partial charge in [0, 0.05) is 26.5 Å². The minimum Gasteiger partial charge on any atom is -0.496 e. The Morgan fingerprint density at radius 3 is 2.60 bits per heavy atom. The lowest BCUT2D eigenvalue weighted by Gasteiger charge is -2.16. The summed E-state index contributed by atoms with van der Waals surface area (Å²) in [5.41, 5.74) is 1.57. The predicted octanol–water partition coefficient (Wildman–Crippen LogP) is 5.04. The van der Waals surface area contributed by atoms with Gasteiger partial charge in [0.15, 0.2) is 0 Å². The Balaban J connectivity index is 2.25. The number of rotatable bonds is 4. The lowest BCUT2D eigenvalue weighted by atomic mass is 10.0. The molecule has 0 aliphatic rings. The number of halogens is 3. The van der Waals surface area contributed by atoms with Crippen molar-refractivity contribution in [3.63, 3.8) is 0 Å². The highest BCUT2D eigenvalue weighted by Crippen LogP contribution is 2.32. The van der Waals surface area contributed by atoms with Gasteiger partial charge in [-0.25, -0.2) is 0 Å². The van der Waals surface area contributed by atoms with Gasteiger partial charge < -0.3 is 9.84 Å². The molecule has 2 aromatic rings. The first-order chi connectivity index (χ1) is 9.51. The molecule has 5 heteroatoms. The molecule has 1 N–H and O–H groups in total. The van der Waals surface area contributed by atoms with Gasteiger partial charge in [-0.05, 0) is 29.8 Å². The van der Waals surface area contributed by atoms with E-state index in [1.807, 2.05) is 18.2 Å². The Labute approximate surface area is 136 Å². The summed E-state index contributed by atoms with van der Waals surface area (Å²) in [7, 11) is 1.55. The Hall–Kier alpha value is -0.740. The highest BCUT2D eigenvalue weighted by Gasteiger charge is 2.16. The first-order valence-corrected chi connectivity index (χ1v) is 7.51. The molecule has 2 aromatic carbocycles. The summed E-state index contributed by atoms with van der Waals surface area (Å²) >= 11 is 15.4. The van der Waals surface area contributed by atoms with E-state index in [1.54, 1.807) is 25.3 Å². The number of benzene rings is 2. The van der Waals surface area contributed by atoms with Crippen LogP contribution in [0.1, 0.15) is 17.2 Å². The van der Waals surface area contributed by atoms with Crippen molar-refractivity contribution in [2.45, 2.75) is 12.5 Å². The van der Waals surface area contributed by atoms with E-state index in [4.69, 9.17) is 27.9 Å². The van der Waals surface area contributed by atoms with Crippen molar-refractivity contribution in [2.75, 3.05) is 7.11 Å². The monoisotopic (exact) mass is 374 g/mol. The van der Waals surface area contributed by atoms with Crippen LogP contribution in [-0.4, -0.2) is 12.2 Å². The van der Waals surface area contributed by atoms with Gasteiger partial charge in [0.1, 0.15) is 5.75 Å². The van der Waals surface area contributed by atoms with Crippen LogP contribution < -0.4 is 4.74 Å². The molecular weight excluding hydrogens is 363 g/mol. The molecule has 1 atom stereocenters. The molecule has 0 heterocycles. The van der Waals surface area contributed by atoms with Gasteiger partial charge in [-0.15, -0.1) is 0 Å². The Bertz CT molecular complexity index is 617. The van der Waals surface area contributed by atoms with Gasteiger partial charge in [-0.2, -0.15) is 0 Å². The van der Waals surface area contributed by atoms with Crippen molar-refractivity contribution in [2.24, 2.45) is 0 Å². The Morgan fingerprint density at radius 1 is 1.20 bits per heavy atom. The third kappa shape index (κ3) is 3.67. The average molecular weight is 376 g/mol. The van der Waals surface area contributed by atoms with Gasteiger partial charge in [-0.1, -0.05) is 51.3 Å². The van der Waals surface area contributed by atoms with Crippen LogP contribution in [0.3, 0.4) is 0 Å². The topological polar surface area (TPSA) is 29.5 Å². The molecule has 0 saturated heterocycles. The first-order valence-electron chi connectivity index (χ1n) is 5.96. The molecule has 0 aliphatic heterocycles. The van der Waals surface area contributed by atoms with Crippen LogP contribution in [0.15, 0.2) is 40.9 Å². The predicted molar refractivity (Wildman–Crippen MR) is 85.8 cm³/mol. The molecule has 0 bridgehead atoms. The van der Waals surface area contributed by atoms with Crippen LogP contribution in [0.5, 0.6) is 5.75 Å². The van der Waals surface area contributed by atoms with E-state index in [2.05, 4.69) is 15.9 Å². The van der Waals surface area contributed by atoms with Crippen molar-refractivity contribution in [3.8, 4) is 5.75 Å². The van der Waals surface area contributed by atoms with Crippen molar-refractivity contribution < 1.29 is 9.84 Å². The summed E-state index contributed by atoms with van der Waals surface area (Å²) < 4.78 is 6.16. The molecule has 2 rings (SSSR count). The molecule has 0 amide bonds. The molecule has 20 heavy (non-hydrogen) atoms. The molecule has 0 fully saturated rings. The Morgan fingerprint density at radius 2 is 1.95 bits per heavy atom. The van der Waals surface area contributed by atoms with Crippen molar-refractivity contribution in [1.82, 2.24) is 0 Å². The number of aliphatic hydroxyl groups excluding tert-OH is 1. The van der Waals surface area contributed by atoms with Crippen LogP contribution >= 0.6 is 39.1 Å². The Kier molecular flexibility index (Phi) is 5.33. The summed E-state index contributed by atoms with van der Waals surface area (Å²) in [5.74, 6) is 0.568. The lowest BCUT2D eigenvalue weighted by molar-refractivity contribution is 0.174. The fourth-order valence-corrected chi connectivity index (χ4v) is 2.88. The second-order valence-corrected chi connectivity index (χ2v) is 6.10. The second-order valence-electron chi connectivity index (χ2n) is 4.34. The van der Waals surface area contributed by atoms with Gasteiger partial charge >= 0.3 is 0 Å². The fraction of sp³-hybridized carbons (Fsp3) is 0.200. The van der Waals surface area contributed by atoms with Crippen molar-refractivity contribution >= 4 is 39.1 Å². The van der Waals surface area contributed by atoms with Gasteiger partial charge in [0.25, 0.3) is 0 Å². The first kappa shape index (κ1) is 15.6. The summed E-state index contributed by atoms with van der Waals surface area (Å²) in [6.45, 7) is 0. The fourth-order valence-electron chi connectivity index (χ4n) is 1.97. The zero-order valence-electron chi connectivity index (χ0n) is 10.7. The molecule has 0 aliphatic carbocycles. The van der Waals surface area contributed by atoms with E-state index in [0.717, 1.165) is 10.0 Å². The smallest absolute Gasteiger partial charge is 0.126 e. The molecule has 0 aromatic heterocycles. The maximum atomic E-state index is 10.4. The third-order valence-electron chi connectivity index (χ3n) is 2.98. The number of hydrogen-bond donors (Lipinski definition) is 1. The SMILES string of the molecule is COc1cc(Cl)ccc1C(O)Cc1ccc(Br)cc1Cl. The number of methoxy groups -OCH3 is 1. The zero-order chi connectivity index (χ0) is 14.7. The van der Waals surface area contributed by atoms with E-state index >= 15 is 0 Å². The minimum absolute atomic E-state index is 0.407. The zero-order valence-corrected chi connectivity index (χ0v) is 13.8. The summed E-state index contributed by atoms with van der Waals surface area (Å²) in [6.07, 6.45) is -0.301. The van der Waals surface area contributed by atoms with Gasteiger partial charge in [-0.3, -0.25) is 0 Å². The normalized spacial score (nSPS) is 12.2. The molecule has 106 valence electrons. The van der Waals surface area contributed by atoms with Crippen molar-refractivity contribution in [1.29, 1.82) is 0 Å². The van der Waals surface area contributed by atoms with E-state index < -0.39 is 6.10 Å². The average Bonchev–Trinajstić information content (AvgIpc) is 2.41. The van der Waals surface area contributed by atoms with E-state index in [9.17, 15) is 5.11 Å². The molecule has 0 spiro atoms. The number of aliphatic hydroxyl groups is 1. The third-order valence-corrected chi connectivity index (χ3v) is 4.06. The largest absolute Gasteiger partial charge is 0.496 e. The van der Waals surface area contributed by atoms with Crippen LogP contribution in [-0.2, 0) is 6.42 Å². The lowest BCUT2D eigenvalue weighted by Crippen LogP contribution is -2.04. The molecule has 0 saturated carbocycles. The standard InChI is InChI=1S/C15H13BrCl2O2/c1-20-15-8-11(17)4-5-12(15)14(19)6-9-2-3-10(16)7-13(9)18/h2-5,7-8,14,19H,6H2,1H3. The molecule has 0 radical (unpaired) electrons. The minimum atomic E-state index is -0.708. The highest BCUT2D eigenvalue weighted by atomic mass is 79.9. The molecule has 2 nitrogen and oxygen atoms in total. The summed E-state index contributed by atoms with van der Waals surface area (Å²) in [4.78, 5) is 0. The van der Waals surface area contributed by atoms with Crippen LogP contribution in [0.2, 0.25) is 10.0 Å². The maximum absolute atomic E-state index is 10.4. The van der Waals surface area contributed by atoms with E-state index in [0.29, 0.717) is 27.8 Å². The van der Waals surface area contributed by atoms with E-state index in [1.165, 1.54) is 0 Å². The van der Waals surface area contributed by atoms with Crippen LogP contribution in [0.25, 0.3) is 0 Å².